The molecule has 0 amide bonds. The van der Waals surface area contributed by atoms with Gasteiger partial charge in [0.05, 0.1) is 0 Å². The molecule has 0 bridgehead atoms. The van der Waals surface area contributed by atoms with E-state index in [0.29, 0.717) is 0 Å². The fourth-order valence-electron chi connectivity index (χ4n) is 1.09. The Bertz CT molecular complexity index is 421. The minimum atomic E-state index is -2.14. The van der Waals surface area contributed by atoms with Crippen LogP contribution >= 0.6 is 0 Å². The maximum atomic E-state index is 12.1. The van der Waals surface area contributed by atoms with Crippen molar-refractivity contribution in [3.8, 4) is 11.8 Å². The monoisotopic (exact) mass is 284 g/mol. The second-order valence-corrected chi connectivity index (χ2v) is 7.80. The summed E-state index contributed by atoms with van der Waals surface area (Å²) in [6, 6.07) is 9.37. The third-order valence-corrected chi connectivity index (χ3v) is 5.02. The van der Waals surface area contributed by atoms with Crippen LogP contribution in [0.5, 0.6) is 0 Å². The zero-order valence-electron chi connectivity index (χ0n) is 9.73. The predicted octanol–water partition coefficient (Wildman–Crippen LogP) is 1.48. The van der Waals surface area contributed by atoms with Crippen LogP contribution in [0.3, 0.4) is 0 Å². The summed E-state index contributed by atoms with van der Waals surface area (Å²) in [7, 11) is 0. The molecule has 1 rings (SSSR count). The van der Waals surface area contributed by atoms with Crippen LogP contribution < -0.4 is 4.46 Å². The Morgan fingerprint density at radius 1 is 1.31 bits per heavy atom. The van der Waals surface area contributed by atoms with Gasteiger partial charge in [-0.05, 0) is 0 Å². The first-order valence-electron chi connectivity index (χ1n) is 5.11. The molecule has 2 unspecified atom stereocenters. The number of benzene rings is 1. The summed E-state index contributed by atoms with van der Waals surface area (Å²) in [5, 5.41) is 9.46. The molecule has 0 aliphatic rings. The molecule has 1 aromatic rings. The second kappa shape index (κ2) is 5.41. The van der Waals surface area contributed by atoms with E-state index in [2.05, 4.69) is 11.8 Å². The Kier molecular flexibility index (Phi) is 4.44. The molecule has 0 aromatic heterocycles. The Balaban J connectivity index is 2.79. The summed E-state index contributed by atoms with van der Waals surface area (Å²) >= 11 is -2.14. The number of hydrogen-bond donors (Lipinski definition) is 1. The van der Waals surface area contributed by atoms with Gasteiger partial charge >= 0.3 is 101 Å². The molecule has 0 aliphatic heterocycles. The van der Waals surface area contributed by atoms with Crippen LogP contribution in [0.15, 0.2) is 30.3 Å². The van der Waals surface area contributed by atoms with Crippen LogP contribution in [0.2, 0.25) is 4.82 Å². The topological polar surface area (TPSA) is 37.3 Å². The van der Waals surface area contributed by atoms with Gasteiger partial charge < -0.3 is 0 Å². The van der Waals surface area contributed by atoms with E-state index in [1.54, 1.807) is 13.8 Å². The molecule has 0 aliphatic carbocycles. The third kappa shape index (κ3) is 4.28. The number of aliphatic hydroxyl groups is 1. The first kappa shape index (κ1) is 13.1. The number of hydrogen-bond acceptors (Lipinski definition) is 2. The second-order valence-electron chi connectivity index (χ2n) is 4.08. The van der Waals surface area contributed by atoms with Gasteiger partial charge in [-0.2, -0.15) is 0 Å². The molecule has 0 saturated carbocycles. The SMILES string of the molecule is CC(C#CC(C)(C)O)[Se](=O)c1ccccc1. The summed E-state index contributed by atoms with van der Waals surface area (Å²) in [5.74, 6) is 5.57. The van der Waals surface area contributed by atoms with Gasteiger partial charge in [0.15, 0.2) is 0 Å². The average molecular weight is 283 g/mol. The van der Waals surface area contributed by atoms with Gasteiger partial charge in [0, 0.05) is 0 Å². The first-order valence-corrected chi connectivity index (χ1v) is 7.65. The normalized spacial score (nSPS) is 14.8. The molecule has 0 radical (unpaired) electrons. The van der Waals surface area contributed by atoms with Gasteiger partial charge in [-0.25, -0.2) is 0 Å². The predicted molar refractivity (Wildman–Crippen MR) is 66.0 cm³/mol. The summed E-state index contributed by atoms with van der Waals surface area (Å²) in [4.78, 5) is -0.186. The van der Waals surface area contributed by atoms with Gasteiger partial charge in [0.1, 0.15) is 0 Å². The van der Waals surface area contributed by atoms with Crippen LogP contribution in [-0.4, -0.2) is 24.5 Å². The molecular formula is C13H16O2Se. The van der Waals surface area contributed by atoms with E-state index >= 15 is 0 Å². The quantitative estimate of drug-likeness (QED) is 0.659. The molecule has 0 heterocycles. The van der Waals surface area contributed by atoms with E-state index in [1.165, 1.54) is 0 Å². The molecule has 0 saturated heterocycles. The minimum absolute atomic E-state index is 0.186. The van der Waals surface area contributed by atoms with E-state index < -0.39 is 19.4 Å². The van der Waals surface area contributed by atoms with Crippen molar-refractivity contribution in [3.63, 3.8) is 0 Å². The van der Waals surface area contributed by atoms with Crippen LogP contribution in [0.1, 0.15) is 20.8 Å². The zero-order valence-corrected chi connectivity index (χ0v) is 11.4. The van der Waals surface area contributed by atoms with E-state index in [1.807, 2.05) is 37.3 Å². The molecule has 86 valence electrons. The molecule has 1 N–H and O–H groups in total. The van der Waals surface area contributed by atoms with Crippen molar-refractivity contribution < 1.29 is 8.94 Å². The van der Waals surface area contributed by atoms with E-state index in [4.69, 9.17) is 0 Å². The maximum absolute atomic E-state index is 12.1. The molecule has 2 nitrogen and oxygen atoms in total. The fraction of sp³-hybridized carbons (Fsp3) is 0.385. The van der Waals surface area contributed by atoms with E-state index in [0.717, 1.165) is 4.46 Å². The van der Waals surface area contributed by atoms with Gasteiger partial charge in [-0.1, -0.05) is 0 Å². The molecule has 16 heavy (non-hydrogen) atoms. The van der Waals surface area contributed by atoms with Crippen LogP contribution in [0.25, 0.3) is 0 Å². The zero-order chi connectivity index (χ0) is 12.2. The average Bonchev–Trinajstić information content (AvgIpc) is 2.25. The summed E-state index contributed by atoms with van der Waals surface area (Å²) in [5.41, 5.74) is -1.02. The summed E-state index contributed by atoms with van der Waals surface area (Å²) < 4.78 is 12.9. The fourth-order valence-corrected chi connectivity index (χ4v) is 3.19. The van der Waals surface area contributed by atoms with Crippen molar-refractivity contribution in [2.75, 3.05) is 0 Å². The summed E-state index contributed by atoms with van der Waals surface area (Å²) in [6.45, 7) is 5.08. The van der Waals surface area contributed by atoms with E-state index in [-0.39, 0.29) is 4.82 Å². The summed E-state index contributed by atoms with van der Waals surface area (Å²) in [6.07, 6.45) is 0. The Morgan fingerprint density at radius 3 is 2.38 bits per heavy atom. The van der Waals surface area contributed by atoms with E-state index in [9.17, 15) is 8.94 Å². The first-order chi connectivity index (χ1) is 7.40. The van der Waals surface area contributed by atoms with Crippen molar-refractivity contribution in [1.82, 2.24) is 0 Å². The molecular weight excluding hydrogens is 267 g/mol. The van der Waals surface area contributed by atoms with Crippen molar-refractivity contribution in [3.05, 3.63) is 30.3 Å². The standard InChI is InChI=1S/C13H16O2Se/c1-11(9-10-13(2,3)14)16(15)12-7-5-4-6-8-12/h4-8,11,14H,1-3H3. The molecule has 3 heteroatoms. The Hall–Kier alpha value is -0.941. The number of rotatable bonds is 2. The molecule has 1 aromatic carbocycles. The van der Waals surface area contributed by atoms with Crippen LogP contribution in [0, 0.1) is 11.8 Å². The third-order valence-electron chi connectivity index (χ3n) is 1.88. The van der Waals surface area contributed by atoms with Gasteiger partial charge in [0.25, 0.3) is 0 Å². The van der Waals surface area contributed by atoms with Crippen molar-refractivity contribution >= 4 is 18.3 Å². The van der Waals surface area contributed by atoms with Gasteiger partial charge in [-0.3, -0.25) is 0 Å². The van der Waals surface area contributed by atoms with Crippen LogP contribution in [0.4, 0.5) is 0 Å². The van der Waals surface area contributed by atoms with Gasteiger partial charge in [-0.15, -0.1) is 0 Å². The van der Waals surface area contributed by atoms with Crippen molar-refractivity contribution in [1.29, 1.82) is 0 Å². The van der Waals surface area contributed by atoms with Crippen molar-refractivity contribution in [2.45, 2.75) is 31.2 Å². The Labute approximate surface area is 101 Å². The Morgan fingerprint density at radius 2 is 1.88 bits per heavy atom. The molecule has 0 fully saturated rings. The molecule has 0 spiro atoms. The van der Waals surface area contributed by atoms with Crippen molar-refractivity contribution in [2.24, 2.45) is 0 Å². The van der Waals surface area contributed by atoms with Gasteiger partial charge in [0.2, 0.25) is 0 Å². The van der Waals surface area contributed by atoms with Crippen LogP contribution in [-0.2, 0) is 3.83 Å². The molecule has 2 atom stereocenters.